The van der Waals surface area contributed by atoms with Crippen LogP contribution in [0.25, 0.3) is 0 Å². The van der Waals surface area contributed by atoms with Crippen LogP contribution >= 0.6 is 35.6 Å². The van der Waals surface area contributed by atoms with E-state index in [1.54, 1.807) is 26.4 Å². The molecule has 9 heteroatoms. The molecule has 0 bridgehead atoms. The highest BCUT2D eigenvalue weighted by Crippen LogP contribution is 2.05. The zero-order valence-corrected chi connectivity index (χ0v) is 18.7. The molecule has 0 aliphatic carbocycles. The molecule has 26 heavy (non-hydrogen) atoms. The van der Waals surface area contributed by atoms with Crippen molar-refractivity contribution in [3.05, 3.63) is 29.0 Å². The number of amides is 1. The van der Waals surface area contributed by atoms with E-state index in [1.165, 1.54) is 4.90 Å². The molecule has 0 spiro atoms. The van der Waals surface area contributed by atoms with Gasteiger partial charge in [-0.15, -0.1) is 24.0 Å². The Morgan fingerprint density at radius 1 is 1.31 bits per heavy atom. The molecule has 148 valence electrons. The predicted octanol–water partition coefficient (Wildman–Crippen LogP) is 1.95. The number of likely N-dealkylation sites (N-methyl/N-ethyl adjacent to an activating group) is 1. The fraction of sp³-hybridized carbons (Fsp3) is 0.588. The SMILES string of the molecule is CCOCCCNC(=NCC(=O)N(C)C)NCCc1ccc(Cl)nc1.I. The Kier molecular flexibility index (Phi) is 14.3. The lowest BCUT2D eigenvalue weighted by atomic mass is 10.2. The Bertz CT molecular complexity index is 540. The first-order valence-electron chi connectivity index (χ1n) is 8.43. The van der Waals surface area contributed by atoms with Gasteiger partial charge in [-0.05, 0) is 31.4 Å². The standard InChI is InChI=1S/C17H28ClN5O2.HI/c1-4-25-11-5-9-19-17(22-13-16(24)23(2)3)20-10-8-14-6-7-15(18)21-12-14;/h6-7,12H,4-5,8-11,13H2,1-3H3,(H2,19,20,22);1H. The van der Waals surface area contributed by atoms with E-state index in [-0.39, 0.29) is 36.4 Å². The minimum Gasteiger partial charge on any atom is -0.382 e. The smallest absolute Gasteiger partial charge is 0.243 e. The number of hydrogen-bond donors (Lipinski definition) is 2. The average Bonchev–Trinajstić information content (AvgIpc) is 2.60. The molecule has 0 atom stereocenters. The van der Waals surface area contributed by atoms with Crippen molar-refractivity contribution in [3.8, 4) is 0 Å². The molecule has 1 aromatic heterocycles. The van der Waals surface area contributed by atoms with Gasteiger partial charge in [0.15, 0.2) is 5.96 Å². The number of hydrogen-bond acceptors (Lipinski definition) is 4. The molecular weight excluding hydrogens is 469 g/mol. The molecular formula is C17H29ClIN5O2. The maximum atomic E-state index is 11.7. The van der Waals surface area contributed by atoms with E-state index in [0.717, 1.165) is 24.9 Å². The number of nitrogens with zero attached hydrogens (tertiary/aromatic N) is 3. The van der Waals surface area contributed by atoms with Crippen LogP contribution in [-0.2, 0) is 16.0 Å². The van der Waals surface area contributed by atoms with Crippen molar-refractivity contribution in [2.75, 3.05) is 46.9 Å². The molecule has 7 nitrogen and oxygen atoms in total. The van der Waals surface area contributed by atoms with Crippen LogP contribution in [0.3, 0.4) is 0 Å². The van der Waals surface area contributed by atoms with Gasteiger partial charge in [-0.25, -0.2) is 9.98 Å². The molecule has 0 aliphatic heterocycles. The van der Waals surface area contributed by atoms with E-state index in [1.807, 2.05) is 13.0 Å². The van der Waals surface area contributed by atoms with Crippen LogP contribution in [0.15, 0.2) is 23.3 Å². The minimum atomic E-state index is -0.0442. The summed E-state index contributed by atoms with van der Waals surface area (Å²) in [4.78, 5) is 21.6. The first kappa shape index (κ1) is 24.9. The van der Waals surface area contributed by atoms with Crippen molar-refractivity contribution >= 4 is 47.4 Å². The fourth-order valence-electron chi connectivity index (χ4n) is 1.87. The highest BCUT2D eigenvalue weighted by molar-refractivity contribution is 14.0. The topological polar surface area (TPSA) is 78.8 Å². The number of halogens is 2. The second kappa shape index (κ2) is 15.0. The number of aliphatic imine (C=N–C) groups is 1. The molecule has 0 unspecified atom stereocenters. The third kappa shape index (κ3) is 11.5. The molecule has 0 aromatic carbocycles. The second-order valence-electron chi connectivity index (χ2n) is 5.60. The van der Waals surface area contributed by atoms with Gasteiger partial charge in [0.1, 0.15) is 11.7 Å². The number of pyridine rings is 1. The summed E-state index contributed by atoms with van der Waals surface area (Å²) in [6.45, 7) is 4.90. The molecule has 0 radical (unpaired) electrons. The number of aromatic nitrogens is 1. The van der Waals surface area contributed by atoms with Crippen LogP contribution < -0.4 is 10.6 Å². The first-order valence-corrected chi connectivity index (χ1v) is 8.81. The van der Waals surface area contributed by atoms with Gasteiger partial charge in [0.25, 0.3) is 0 Å². The molecule has 1 heterocycles. The summed E-state index contributed by atoms with van der Waals surface area (Å²) in [7, 11) is 3.43. The van der Waals surface area contributed by atoms with Gasteiger partial charge in [0.05, 0.1) is 0 Å². The normalized spacial score (nSPS) is 10.8. The van der Waals surface area contributed by atoms with E-state index >= 15 is 0 Å². The summed E-state index contributed by atoms with van der Waals surface area (Å²) < 4.78 is 5.31. The molecule has 0 aliphatic rings. The predicted molar refractivity (Wildman–Crippen MR) is 116 cm³/mol. The largest absolute Gasteiger partial charge is 0.382 e. The maximum Gasteiger partial charge on any atom is 0.243 e. The summed E-state index contributed by atoms with van der Waals surface area (Å²) in [6.07, 6.45) is 3.41. The van der Waals surface area contributed by atoms with Gasteiger partial charge < -0.3 is 20.3 Å². The molecule has 0 saturated heterocycles. The van der Waals surface area contributed by atoms with Crippen molar-refractivity contribution < 1.29 is 9.53 Å². The van der Waals surface area contributed by atoms with Crippen LogP contribution in [0.5, 0.6) is 0 Å². The van der Waals surface area contributed by atoms with Crippen molar-refractivity contribution in [1.29, 1.82) is 0 Å². The number of rotatable bonds is 10. The third-order valence-corrected chi connectivity index (χ3v) is 3.55. The number of guanidine groups is 1. The number of carbonyl (C=O) groups is 1. The third-order valence-electron chi connectivity index (χ3n) is 3.33. The van der Waals surface area contributed by atoms with E-state index in [0.29, 0.717) is 30.9 Å². The van der Waals surface area contributed by atoms with Crippen LogP contribution in [-0.4, -0.2) is 68.7 Å². The highest BCUT2D eigenvalue weighted by atomic mass is 127. The summed E-state index contributed by atoms with van der Waals surface area (Å²) in [6, 6.07) is 3.71. The van der Waals surface area contributed by atoms with Crippen LogP contribution in [0.4, 0.5) is 0 Å². The van der Waals surface area contributed by atoms with Crippen molar-refractivity contribution in [2.45, 2.75) is 19.8 Å². The Hall–Kier alpha value is -1.13. The van der Waals surface area contributed by atoms with Crippen molar-refractivity contribution in [2.24, 2.45) is 4.99 Å². The lowest BCUT2D eigenvalue weighted by molar-refractivity contribution is -0.127. The zero-order valence-electron chi connectivity index (χ0n) is 15.6. The monoisotopic (exact) mass is 497 g/mol. The van der Waals surface area contributed by atoms with Gasteiger partial charge in [-0.3, -0.25) is 4.79 Å². The first-order chi connectivity index (χ1) is 12.0. The van der Waals surface area contributed by atoms with E-state index in [2.05, 4.69) is 20.6 Å². The molecule has 1 rings (SSSR count). The molecule has 0 saturated carbocycles. The Balaban J connectivity index is 0.00000625. The van der Waals surface area contributed by atoms with Crippen LogP contribution in [0.1, 0.15) is 18.9 Å². The van der Waals surface area contributed by atoms with Gasteiger partial charge >= 0.3 is 0 Å². The van der Waals surface area contributed by atoms with Crippen LogP contribution in [0.2, 0.25) is 5.15 Å². The quantitative estimate of drug-likeness (QED) is 0.170. The molecule has 1 amide bonds. The summed E-state index contributed by atoms with van der Waals surface area (Å²) in [5.74, 6) is 0.575. The Labute approximate surface area is 178 Å². The van der Waals surface area contributed by atoms with E-state index < -0.39 is 0 Å². The number of ether oxygens (including phenoxy) is 1. The molecule has 0 fully saturated rings. The lowest BCUT2D eigenvalue weighted by Crippen LogP contribution is -2.40. The summed E-state index contributed by atoms with van der Waals surface area (Å²) in [5, 5.41) is 6.94. The molecule has 1 aromatic rings. The fourth-order valence-corrected chi connectivity index (χ4v) is 1.98. The van der Waals surface area contributed by atoms with E-state index in [4.69, 9.17) is 16.3 Å². The summed E-state index contributed by atoms with van der Waals surface area (Å²) >= 11 is 5.78. The van der Waals surface area contributed by atoms with Gasteiger partial charge in [0.2, 0.25) is 5.91 Å². The van der Waals surface area contributed by atoms with E-state index in [9.17, 15) is 4.79 Å². The lowest BCUT2D eigenvalue weighted by Gasteiger charge is -2.14. The average molecular weight is 498 g/mol. The van der Waals surface area contributed by atoms with Gasteiger partial charge in [0, 0.05) is 46.6 Å². The van der Waals surface area contributed by atoms with Crippen molar-refractivity contribution in [3.63, 3.8) is 0 Å². The minimum absolute atomic E-state index is 0. The highest BCUT2D eigenvalue weighted by Gasteiger charge is 2.04. The molecule has 2 N–H and O–H groups in total. The Morgan fingerprint density at radius 2 is 2.04 bits per heavy atom. The summed E-state index contributed by atoms with van der Waals surface area (Å²) in [5.41, 5.74) is 1.08. The van der Waals surface area contributed by atoms with Crippen LogP contribution in [0, 0.1) is 0 Å². The number of carbonyl (C=O) groups excluding carboxylic acids is 1. The van der Waals surface area contributed by atoms with Crippen molar-refractivity contribution in [1.82, 2.24) is 20.5 Å². The zero-order chi connectivity index (χ0) is 18.5. The number of nitrogens with one attached hydrogen (secondary N) is 2. The van der Waals surface area contributed by atoms with Gasteiger partial charge in [-0.2, -0.15) is 0 Å². The van der Waals surface area contributed by atoms with Gasteiger partial charge in [-0.1, -0.05) is 17.7 Å². The Morgan fingerprint density at radius 3 is 2.65 bits per heavy atom. The second-order valence-corrected chi connectivity index (χ2v) is 5.98. The maximum absolute atomic E-state index is 11.7.